The van der Waals surface area contributed by atoms with Gasteiger partial charge < -0.3 is 15.1 Å². The highest BCUT2D eigenvalue weighted by Crippen LogP contribution is 2.46. The van der Waals surface area contributed by atoms with Crippen LogP contribution >= 0.6 is 31.9 Å². The van der Waals surface area contributed by atoms with Crippen molar-refractivity contribution in [2.75, 3.05) is 38.5 Å². The number of rotatable bonds is 2. The Labute approximate surface area is 188 Å². The van der Waals surface area contributed by atoms with Crippen molar-refractivity contribution in [1.82, 2.24) is 19.6 Å². The number of nitrogens with one attached hydrogen (secondary N) is 1. The molecule has 0 radical (unpaired) electrons. The van der Waals surface area contributed by atoms with Crippen molar-refractivity contribution in [3.8, 4) is 0 Å². The van der Waals surface area contributed by atoms with Gasteiger partial charge in [0.2, 0.25) is 0 Å². The lowest BCUT2D eigenvalue weighted by Gasteiger charge is -2.33. The molecule has 1 aromatic carbocycles. The van der Waals surface area contributed by atoms with E-state index in [-0.39, 0.29) is 28.3 Å². The largest absolute Gasteiger partial charge is 0.410 e. The summed E-state index contributed by atoms with van der Waals surface area (Å²) in [7, 11) is 1.97. The van der Waals surface area contributed by atoms with Gasteiger partial charge in [-0.25, -0.2) is 4.68 Å². The molecule has 1 N–H and O–H groups in total. The van der Waals surface area contributed by atoms with E-state index in [1.54, 1.807) is 29.2 Å². The number of aromatic nitrogens is 2. The van der Waals surface area contributed by atoms with Gasteiger partial charge >= 0.3 is 6.18 Å². The Balaban J connectivity index is 1.69. The number of halogens is 5. The predicted molar refractivity (Wildman–Crippen MR) is 114 cm³/mol. The van der Waals surface area contributed by atoms with Crippen LogP contribution in [-0.4, -0.2) is 64.9 Å². The van der Waals surface area contributed by atoms with Crippen LogP contribution < -0.4 is 5.32 Å². The molecule has 1 aromatic heterocycles. The molecule has 0 bridgehead atoms. The zero-order valence-electron chi connectivity index (χ0n) is 16.1. The monoisotopic (exact) mass is 549 g/mol. The predicted octanol–water partition coefficient (Wildman–Crippen LogP) is 4.46. The van der Waals surface area contributed by atoms with Crippen LogP contribution in [0.3, 0.4) is 0 Å². The van der Waals surface area contributed by atoms with Crippen molar-refractivity contribution in [2.45, 2.75) is 24.7 Å². The molecule has 1 amide bonds. The summed E-state index contributed by atoms with van der Waals surface area (Å²) in [6.45, 7) is 2.46. The van der Waals surface area contributed by atoms with E-state index in [9.17, 15) is 18.0 Å². The first-order valence-corrected chi connectivity index (χ1v) is 11.1. The summed E-state index contributed by atoms with van der Waals surface area (Å²) in [6.07, 6.45) is -4.71. The van der Waals surface area contributed by atoms with E-state index in [0.29, 0.717) is 26.2 Å². The van der Waals surface area contributed by atoms with Gasteiger partial charge in [0.15, 0.2) is 11.7 Å². The van der Waals surface area contributed by atoms with Gasteiger partial charge in [-0.15, -0.1) is 0 Å². The minimum atomic E-state index is -4.50. The van der Waals surface area contributed by atoms with E-state index in [1.165, 1.54) is 0 Å². The molecule has 6 nitrogen and oxygen atoms in total. The van der Waals surface area contributed by atoms with Crippen molar-refractivity contribution < 1.29 is 18.0 Å². The first-order chi connectivity index (χ1) is 14.1. The first-order valence-electron chi connectivity index (χ1n) is 9.49. The number of hydrogen-bond acceptors (Lipinski definition) is 4. The number of fused-ring (bicyclic) bond motifs is 1. The van der Waals surface area contributed by atoms with Crippen molar-refractivity contribution in [3.63, 3.8) is 0 Å². The standard InChI is InChI=1S/C19H20Br2F3N5O/c1-27-6-8-28(9-7-27)18(30)16-15(21)17-25-13(11-2-4-12(20)5-3-11)10-14(19(22,23)24)29(17)26-16/h2-5,13-14,25H,6-10H2,1H3/t13-,14-/m0/s1. The van der Waals surface area contributed by atoms with Crippen molar-refractivity contribution in [3.05, 3.63) is 44.5 Å². The number of alkyl halides is 3. The van der Waals surface area contributed by atoms with Gasteiger partial charge in [-0.2, -0.15) is 18.3 Å². The van der Waals surface area contributed by atoms with Gasteiger partial charge in [0.1, 0.15) is 5.82 Å². The maximum Gasteiger partial charge on any atom is 0.410 e. The molecule has 0 unspecified atom stereocenters. The van der Waals surface area contributed by atoms with E-state index in [1.807, 2.05) is 7.05 Å². The van der Waals surface area contributed by atoms with E-state index in [2.05, 4.69) is 47.2 Å². The van der Waals surface area contributed by atoms with Gasteiger partial charge in [-0.1, -0.05) is 28.1 Å². The van der Waals surface area contributed by atoms with Gasteiger partial charge in [0.05, 0.1) is 10.5 Å². The Morgan fingerprint density at radius 2 is 1.77 bits per heavy atom. The Kier molecular flexibility index (Phi) is 5.88. The summed E-state index contributed by atoms with van der Waals surface area (Å²) in [5.41, 5.74) is 0.742. The summed E-state index contributed by atoms with van der Waals surface area (Å²) in [6, 6.07) is 4.77. The third kappa shape index (κ3) is 4.11. The Hall–Kier alpha value is -1.59. The summed E-state index contributed by atoms with van der Waals surface area (Å²) >= 11 is 6.69. The van der Waals surface area contributed by atoms with Crippen LogP contribution in [0.15, 0.2) is 33.2 Å². The van der Waals surface area contributed by atoms with Crippen molar-refractivity contribution in [1.29, 1.82) is 0 Å². The average Bonchev–Trinajstić information content (AvgIpc) is 3.04. The fraction of sp³-hybridized carbons (Fsp3) is 0.474. The fourth-order valence-corrected chi connectivity index (χ4v) is 4.61. The second kappa shape index (κ2) is 8.16. The Morgan fingerprint density at radius 1 is 1.13 bits per heavy atom. The molecule has 3 heterocycles. The quantitative estimate of drug-likeness (QED) is 0.600. The Morgan fingerprint density at radius 3 is 2.37 bits per heavy atom. The van der Waals surface area contributed by atoms with E-state index < -0.39 is 18.3 Å². The molecule has 2 aromatic rings. The second-order valence-corrected chi connectivity index (χ2v) is 9.30. The normalized spacial score (nSPS) is 22.5. The number of anilines is 1. The van der Waals surface area contributed by atoms with Crippen LogP contribution in [0.2, 0.25) is 0 Å². The number of carbonyl (C=O) groups is 1. The molecule has 0 saturated carbocycles. The van der Waals surface area contributed by atoms with Crippen LogP contribution in [0.25, 0.3) is 0 Å². The molecule has 1 saturated heterocycles. The van der Waals surface area contributed by atoms with Crippen LogP contribution in [0.1, 0.15) is 34.6 Å². The number of hydrogen-bond donors (Lipinski definition) is 1. The second-order valence-electron chi connectivity index (χ2n) is 7.59. The summed E-state index contributed by atoms with van der Waals surface area (Å²) < 4.78 is 43.7. The van der Waals surface area contributed by atoms with Gasteiger partial charge in [-0.3, -0.25) is 4.79 Å². The number of benzene rings is 1. The highest BCUT2D eigenvalue weighted by Gasteiger charge is 2.48. The van der Waals surface area contributed by atoms with Gasteiger partial charge in [-0.05, 0) is 40.7 Å². The van der Waals surface area contributed by atoms with Crippen LogP contribution in [0, 0.1) is 0 Å². The molecule has 0 aliphatic carbocycles. The molecule has 4 rings (SSSR count). The lowest BCUT2D eigenvalue weighted by molar-refractivity contribution is -0.173. The molecular weight excluding hydrogens is 531 g/mol. The molecule has 2 aliphatic rings. The molecule has 30 heavy (non-hydrogen) atoms. The number of piperazine rings is 1. The number of carbonyl (C=O) groups excluding carboxylic acids is 1. The molecular formula is C19H20Br2F3N5O. The van der Waals surface area contributed by atoms with Gasteiger partial charge in [0.25, 0.3) is 5.91 Å². The SMILES string of the molecule is CN1CCN(C(=O)c2nn3c(c2Br)N[C@H](c2ccc(Br)cc2)C[C@H]3C(F)(F)F)CC1. The third-order valence-corrected chi connectivity index (χ3v) is 6.84. The molecule has 1 fully saturated rings. The first kappa shape index (κ1) is 21.6. The van der Waals surface area contributed by atoms with Crippen LogP contribution in [0.5, 0.6) is 0 Å². The molecule has 11 heteroatoms. The molecule has 2 aliphatic heterocycles. The molecule has 2 atom stereocenters. The molecule has 0 spiro atoms. The number of nitrogens with zero attached hydrogens (tertiary/aromatic N) is 4. The summed E-state index contributed by atoms with van der Waals surface area (Å²) in [4.78, 5) is 16.7. The van der Waals surface area contributed by atoms with E-state index >= 15 is 0 Å². The smallest absolute Gasteiger partial charge is 0.362 e. The van der Waals surface area contributed by atoms with Crippen molar-refractivity contribution >= 4 is 43.6 Å². The zero-order chi connectivity index (χ0) is 21.6. The van der Waals surface area contributed by atoms with Gasteiger partial charge in [0, 0.05) is 37.1 Å². The minimum Gasteiger partial charge on any atom is -0.362 e. The highest BCUT2D eigenvalue weighted by molar-refractivity contribution is 9.11. The highest BCUT2D eigenvalue weighted by atomic mass is 79.9. The zero-order valence-corrected chi connectivity index (χ0v) is 19.3. The maximum atomic E-state index is 13.9. The summed E-state index contributed by atoms with van der Waals surface area (Å²) in [5, 5.41) is 7.26. The van der Waals surface area contributed by atoms with Crippen molar-refractivity contribution in [2.24, 2.45) is 0 Å². The third-order valence-electron chi connectivity index (χ3n) is 5.56. The summed E-state index contributed by atoms with van der Waals surface area (Å²) in [5.74, 6) is -0.186. The fourth-order valence-electron chi connectivity index (χ4n) is 3.80. The minimum absolute atomic E-state index is 0.00718. The maximum absolute atomic E-state index is 13.9. The van der Waals surface area contributed by atoms with Crippen LogP contribution in [-0.2, 0) is 0 Å². The van der Waals surface area contributed by atoms with Crippen LogP contribution in [0.4, 0.5) is 19.0 Å². The van der Waals surface area contributed by atoms with E-state index in [0.717, 1.165) is 14.7 Å². The number of amides is 1. The average molecular weight is 551 g/mol. The lowest BCUT2D eigenvalue weighted by Crippen LogP contribution is -2.47. The Bertz CT molecular complexity index is 939. The lowest BCUT2D eigenvalue weighted by atomic mass is 9.97. The topological polar surface area (TPSA) is 53.4 Å². The molecule has 162 valence electrons. The van der Waals surface area contributed by atoms with E-state index in [4.69, 9.17) is 0 Å². The number of likely N-dealkylation sites (N-methyl/N-ethyl adjacent to an activating group) is 1.